The number of benzene rings is 2. The Morgan fingerprint density at radius 3 is 2.41 bits per heavy atom. The number of anilines is 2. The Kier molecular flexibility index (Phi) is 7.04. The van der Waals surface area contributed by atoms with E-state index in [2.05, 4.69) is 15.6 Å². The van der Waals surface area contributed by atoms with Crippen molar-refractivity contribution in [3.63, 3.8) is 0 Å². The molecule has 32 heavy (non-hydrogen) atoms. The fraction of sp³-hybridized carbons (Fsp3) is 0.125. The summed E-state index contributed by atoms with van der Waals surface area (Å²) in [5.41, 5.74) is 2.65. The second-order valence-electron chi connectivity index (χ2n) is 6.99. The zero-order valence-corrected chi connectivity index (χ0v) is 19.9. The van der Waals surface area contributed by atoms with Crippen molar-refractivity contribution in [2.24, 2.45) is 0 Å². The highest BCUT2D eigenvalue weighted by atomic mass is 32.2. The largest absolute Gasteiger partial charge is 0.321 e. The van der Waals surface area contributed by atoms with Crippen LogP contribution in [0, 0.1) is 6.92 Å². The minimum absolute atomic E-state index is 0.0987. The lowest BCUT2D eigenvalue weighted by atomic mass is 10.1. The molecule has 4 aromatic rings. The van der Waals surface area contributed by atoms with Gasteiger partial charge in [-0.1, -0.05) is 36.4 Å². The summed E-state index contributed by atoms with van der Waals surface area (Å²) in [5, 5.41) is 7.99. The number of thioether (sulfide) groups is 1. The van der Waals surface area contributed by atoms with Crippen molar-refractivity contribution < 1.29 is 9.59 Å². The molecule has 2 amide bonds. The third-order valence-electron chi connectivity index (χ3n) is 4.61. The molecule has 0 aliphatic carbocycles. The molecule has 0 aliphatic heterocycles. The van der Waals surface area contributed by atoms with Gasteiger partial charge in [-0.15, -0.1) is 34.4 Å². The summed E-state index contributed by atoms with van der Waals surface area (Å²) in [6.07, 6.45) is 0. The number of carbonyl (C=O) groups is 2. The minimum Gasteiger partial charge on any atom is -0.321 e. The SMILES string of the molecule is Cc1sc(NC(=O)C(C)Sc2ccc(NC(=O)c3cccs3)cc2)nc1-c1ccccc1. The Morgan fingerprint density at radius 2 is 1.72 bits per heavy atom. The lowest BCUT2D eigenvalue weighted by Crippen LogP contribution is -2.22. The Balaban J connectivity index is 1.34. The predicted molar refractivity (Wildman–Crippen MR) is 135 cm³/mol. The highest BCUT2D eigenvalue weighted by molar-refractivity contribution is 8.00. The van der Waals surface area contributed by atoms with E-state index in [0.717, 1.165) is 26.7 Å². The normalized spacial score (nSPS) is 11.7. The molecule has 2 aromatic heterocycles. The minimum atomic E-state index is -0.300. The lowest BCUT2D eigenvalue weighted by Gasteiger charge is -2.11. The predicted octanol–water partition coefficient (Wildman–Crippen LogP) is 6.55. The molecular formula is C24H21N3O2S3. The Bertz CT molecular complexity index is 1200. The molecule has 0 radical (unpaired) electrons. The molecule has 1 atom stereocenters. The van der Waals surface area contributed by atoms with Gasteiger partial charge in [-0.2, -0.15) is 0 Å². The van der Waals surface area contributed by atoms with Gasteiger partial charge in [0.15, 0.2) is 5.13 Å². The number of amides is 2. The molecule has 0 fully saturated rings. The molecule has 5 nitrogen and oxygen atoms in total. The van der Waals surface area contributed by atoms with Crippen LogP contribution in [0.1, 0.15) is 21.5 Å². The van der Waals surface area contributed by atoms with E-state index >= 15 is 0 Å². The summed E-state index contributed by atoms with van der Waals surface area (Å²) in [7, 11) is 0. The summed E-state index contributed by atoms with van der Waals surface area (Å²) < 4.78 is 0. The van der Waals surface area contributed by atoms with Crippen LogP contribution in [-0.2, 0) is 4.79 Å². The van der Waals surface area contributed by atoms with Crippen LogP contribution in [0.25, 0.3) is 11.3 Å². The molecule has 2 N–H and O–H groups in total. The van der Waals surface area contributed by atoms with E-state index in [-0.39, 0.29) is 17.1 Å². The van der Waals surface area contributed by atoms with Crippen molar-refractivity contribution in [1.82, 2.24) is 4.98 Å². The highest BCUT2D eigenvalue weighted by Crippen LogP contribution is 2.31. The number of nitrogens with one attached hydrogen (secondary N) is 2. The average molecular weight is 480 g/mol. The first-order chi connectivity index (χ1) is 15.5. The topological polar surface area (TPSA) is 71.1 Å². The number of thiophene rings is 1. The van der Waals surface area contributed by atoms with Crippen molar-refractivity contribution in [1.29, 1.82) is 0 Å². The first-order valence-electron chi connectivity index (χ1n) is 9.95. The molecule has 0 saturated heterocycles. The molecule has 0 spiro atoms. The van der Waals surface area contributed by atoms with E-state index in [0.29, 0.717) is 10.0 Å². The molecule has 8 heteroatoms. The number of aromatic nitrogens is 1. The molecule has 162 valence electrons. The van der Waals surface area contributed by atoms with Crippen LogP contribution in [0.15, 0.2) is 77.0 Å². The van der Waals surface area contributed by atoms with Crippen LogP contribution in [0.5, 0.6) is 0 Å². The molecule has 0 saturated carbocycles. The van der Waals surface area contributed by atoms with E-state index < -0.39 is 0 Å². The first-order valence-corrected chi connectivity index (χ1v) is 12.5. The van der Waals surface area contributed by atoms with Crippen LogP contribution in [0.4, 0.5) is 10.8 Å². The maximum atomic E-state index is 12.7. The summed E-state index contributed by atoms with van der Waals surface area (Å²) in [4.78, 5) is 32.1. The highest BCUT2D eigenvalue weighted by Gasteiger charge is 2.18. The number of hydrogen-bond donors (Lipinski definition) is 2. The molecule has 0 aliphatic rings. The van der Waals surface area contributed by atoms with Gasteiger partial charge in [0, 0.05) is 21.0 Å². The maximum absolute atomic E-state index is 12.7. The molecule has 2 heterocycles. The van der Waals surface area contributed by atoms with Gasteiger partial charge in [0.2, 0.25) is 5.91 Å². The summed E-state index contributed by atoms with van der Waals surface area (Å²) in [5.74, 6) is -0.222. The number of aryl methyl sites for hydroxylation is 1. The number of thiazole rings is 1. The van der Waals surface area contributed by atoms with Crippen LogP contribution >= 0.6 is 34.4 Å². The monoisotopic (exact) mass is 479 g/mol. The Hall–Kier alpha value is -2.94. The second kappa shape index (κ2) is 10.1. The average Bonchev–Trinajstić information content (AvgIpc) is 3.46. The zero-order valence-electron chi connectivity index (χ0n) is 17.5. The summed E-state index contributed by atoms with van der Waals surface area (Å²) >= 11 is 4.34. The van der Waals surface area contributed by atoms with Crippen molar-refractivity contribution in [3.8, 4) is 11.3 Å². The van der Waals surface area contributed by atoms with Gasteiger partial charge in [0.1, 0.15) is 0 Å². The van der Waals surface area contributed by atoms with E-state index in [1.54, 1.807) is 6.07 Å². The molecule has 4 rings (SSSR count). The fourth-order valence-electron chi connectivity index (χ4n) is 3.00. The third-order valence-corrected chi connectivity index (χ3v) is 7.48. The van der Waals surface area contributed by atoms with Gasteiger partial charge in [0.05, 0.1) is 15.8 Å². The standard InChI is InChI=1S/C24H21N3O2S3/c1-15-21(17-7-4-3-5-8-17)26-24(32-15)27-22(28)16(2)31-19-12-10-18(11-13-19)25-23(29)20-9-6-14-30-20/h3-14,16H,1-2H3,(H,25,29)(H,26,27,28). The molecule has 1 unspecified atom stereocenters. The van der Waals surface area contributed by atoms with Crippen LogP contribution in [-0.4, -0.2) is 22.0 Å². The van der Waals surface area contributed by atoms with E-state index in [4.69, 9.17) is 0 Å². The Morgan fingerprint density at radius 1 is 0.969 bits per heavy atom. The van der Waals surface area contributed by atoms with Crippen molar-refractivity contribution in [2.45, 2.75) is 24.0 Å². The second-order valence-corrected chi connectivity index (χ2v) is 10.6. The number of nitrogens with zero attached hydrogens (tertiary/aromatic N) is 1. The van der Waals surface area contributed by atoms with E-state index in [1.807, 2.05) is 79.9 Å². The molecule has 2 aromatic carbocycles. The van der Waals surface area contributed by atoms with Crippen LogP contribution in [0.2, 0.25) is 0 Å². The molecule has 0 bridgehead atoms. The third kappa shape index (κ3) is 5.45. The van der Waals surface area contributed by atoms with E-state index in [1.165, 1.54) is 34.4 Å². The lowest BCUT2D eigenvalue weighted by molar-refractivity contribution is -0.115. The van der Waals surface area contributed by atoms with E-state index in [9.17, 15) is 9.59 Å². The van der Waals surface area contributed by atoms with Crippen molar-refractivity contribution in [2.75, 3.05) is 10.6 Å². The van der Waals surface area contributed by atoms with Gasteiger partial charge in [-0.25, -0.2) is 4.98 Å². The quantitative estimate of drug-likeness (QED) is 0.295. The van der Waals surface area contributed by atoms with Gasteiger partial charge in [-0.05, 0) is 49.6 Å². The first kappa shape index (κ1) is 22.3. The fourth-order valence-corrected chi connectivity index (χ4v) is 5.32. The van der Waals surface area contributed by atoms with Gasteiger partial charge < -0.3 is 10.6 Å². The number of hydrogen-bond acceptors (Lipinski definition) is 6. The van der Waals surface area contributed by atoms with Crippen molar-refractivity contribution >= 4 is 57.1 Å². The smallest absolute Gasteiger partial charge is 0.265 e. The molecular weight excluding hydrogens is 458 g/mol. The zero-order chi connectivity index (χ0) is 22.5. The summed E-state index contributed by atoms with van der Waals surface area (Å²) in [6.45, 7) is 3.87. The van der Waals surface area contributed by atoms with Crippen LogP contribution < -0.4 is 10.6 Å². The maximum Gasteiger partial charge on any atom is 0.265 e. The van der Waals surface area contributed by atoms with Crippen molar-refractivity contribution in [3.05, 3.63) is 81.9 Å². The van der Waals surface area contributed by atoms with Crippen LogP contribution in [0.3, 0.4) is 0 Å². The van der Waals surface area contributed by atoms with Gasteiger partial charge >= 0.3 is 0 Å². The Labute approximate surface area is 198 Å². The van der Waals surface area contributed by atoms with Gasteiger partial charge in [-0.3, -0.25) is 9.59 Å². The van der Waals surface area contributed by atoms with Gasteiger partial charge in [0.25, 0.3) is 5.91 Å². The number of carbonyl (C=O) groups excluding carboxylic acids is 2. The number of rotatable bonds is 7. The summed E-state index contributed by atoms with van der Waals surface area (Å²) in [6, 6.07) is 21.1.